The molecule has 6 aromatic carbocycles. The van der Waals surface area contributed by atoms with Crippen LogP contribution in [-0.4, -0.2) is 4.21 Å². The van der Waals surface area contributed by atoms with E-state index in [0.29, 0.717) is 0 Å². The van der Waals surface area contributed by atoms with E-state index in [-0.39, 0.29) is 35.6 Å². The topological polar surface area (TPSA) is 0 Å². The van der Waals surface area contributed by atoms with E-state index < -0.39 is 0 Å². The van der Waals surface area contributed by atoms with Crippen molar-refractivity contribution in [2.45, 2.75) is 59.8 Å². The monoisotopic (exact) mass is 874 g/mol. The third-order valence-corrected chi connectivity index (χ3v) is 10.9. The first-order chi connectivity index (χ1) is 27.1. The molecule has 4 aliphatic carbocycles. The molecule has 0 radical (unpaired) electrons. The molecule has 0 saturated heterocycles. The molecule has 0 aromatic heterocycles. The van der Waals surface area contributed by atoms with Crippen molar-refractivity contribution in [3.05, 3.63) is 215 Å². The van der Waals surface area contributed by atoms with Crippen molar-refractivity contribution < 1.29 is 49.0 Å². The first-order valence-electron chi connectivity index (χ1n) is 19.7. The van der Waals surface area contributed by atoms with Crippen molar-refractivity contribution in [2.24, 2.45) is 5.41 Å². The van der Waals surface area contributed by atoms with Crippen LogP contribution < -0.4 is 35.3 Å². The molecule has 0 N–H and O–H groups in total. The van der Waals surface area contributed by atoms with Crippen molar-refractivity contribution in [3.63, 3.8) is 0 Å². The zero-order chi connectivity index (χ0) is 39.7. The average molecular weight is 877 g/mol. The van der Waals surface area contributed by atoms with E-state index in [1.165, 1.54) is 73.6 Å². The molecule has 6 aromatic rings. The van der Waals surface area contributed by atoms with Crippen molar-refractivity contribution in [3.8, 4) is 22.3 Å². The Hall–Kier alpha value is -4.39. The molecule has 0 amide bonds. The summed E-state index contributed by atoms with van der Waals surface area (Å²) in [6.07, 6.45) is 14.3. The summed E-state index contributed by atoms with van der Waals surface area (Å²) >= 11 is 1.30. The molecule has 4 aliphatic rings. The van der Waals surface area contributed by atoms with Gasteiger partial charge in [0.25, 0.3) is 0 Å². The summed E-state index contributed by atoms with van der Waals surface area (Å²) in [5.41, 5.74) is 17.9. The van der Waals surface area contributed by atoms with Gasteiger partial charge < -0.3 is 24.8 Å². The van der Waals surface area contributed by atoms with Crippen molar-refractivity contribution in [2.75, 3.05) is 0 Å². The summed E-state index contributed by atoms with van der Waals surface area (Å²) in [7, 11) is 0. The normalized spacial score (nSPS) is 15.0. The van der Waals surface area contributed by atoms with Crippen LogP contribution in [-0.2, 0) is 36.1 Å². The molecule has 0 bridgehead atoms. The summed E-state index contributed by atoms with van der Waals surface area (Å²) in [5, 5.41) is 3.00. The Morgan fingerprint density at radius 1 is 0.586 bits per heavy atom. The van der Waals surface area contributed by atoms with Gasteiger partial charge in [-0.1, -0.05) is 196 Å². The van der Waals surface area contributed by atoms with E-state index in [1.807, 2.05) is 54.6 Å². The molecule has 0 aliphatic heterocycles. The van der Waals surface area contributed by atoms with E-state index in [1.54, 1.807) is 27.8 Å². The van der Waals surface area contributed by atoms with Crippen molar-refractivity contribution in [1.29, 1.82) is 0 Å². The Morgan fingerprint density at radius 2 is 1.03 bits per heavy atom. The van der Waals surface area contributed by atoms with Crippen LogP contribution in [0.25, 0.3) is 45.0 Å². The van der Waals surface area contributed by atoms with E-state index >= 15 is 0 Å². The zero-order valence-corrected chi connectivity index (χ0v) is 38.7. The maximum atomic E-state index is 3.34. The fraction of sp³-hybridized carbons (Fsp3) is 0.182. The van der Waals surface area contributed by atoms with Crippen LogP contribution in [0.4, 0.5) is 0 Å². The van der Waals surface area contributed by atoms with Gasteiger partial charge in [-0.15, -0.1) is 5.56 Å². The van der Waals surface area contributed by atoms with E-state index in [9.17, 15) is 0 Å². The molecular formula is C55H54Cl2Zr-2. The Kier molecular flexibility index (Phi) is 16.8. The molecular weight excluding hydrogens is 823 g/mol. The van der Waals surface area contributed by atoms with Gasteiger partial charge in [-0.05, 0) is 75.3 Å². The second-order valence-corrected chi connectivity index (χ2v) is 16.1. The minimum atomic E-state index is 0. The average Bonchev–Trinajstić information content (AvgIpc) is 4.05. The van der Waals surface area contributed by atoms with Crippen LogP contribution in [0.1, 0.15) is 70.2 Å². The van der Waals surface area contributed by atoms with Gasteiger partial charge in [0.2, 0.25) is 0 Å². The van der Waals surface area contributed by atoms with Gasteiger partial charge >= 0.3 is 28.4 Å². The third-order valence-electron chi connectivity index (χ3n) is 10.9. The minimum absolute atomic E-state index is 0. The SMILES string of the molecule is CC1=CC=c2c1c1c(c3c2=C(C)[CH-]C3(C)C)CC2=C1CC(C)(C)C=C2.[CH2]=[Zr+2].[Cl-].[Cl-].c1cc[cH-]c1.c1ccc(-c2ccccc2)cc1.c1ccc(-c2ccccc2)cc1. The maximum Gasteiger partial charge on any atom is -0.0184 e. The molecule has 0 nitrogen and oxygen atoms in total. The van der Waals surface area contributed by atoms with Gasteiger partial charge in [0.1, 0.15) is 0 Å². The second kappa shape index (κ2) is 21.0. The minimum Gasteiger partial charge on any atom is -1.00 e. The van der Waals surface area contributed by atoms with Crippen molar-refractivity contribution >= 4 is 27.0 Å². The van der Waals surface area contributed by atoms with E-state index in [4.69, 9.17) is 0 Å². The van der Waals surface area contributed by atoms with Gasteiger partial charge in [-0.2, -0.15) is 23.4 Å². The molecule has 0 spiro atoms. The zero-order valence-electron chi connectivity index (χ0n) is 34.7. The molecule has 58 heavy (non-hydrogen) atoms. The van der Waals surface area contributed by atoms with Gasteiger partial charge in [-0.3, -0.25) is 0 Å². The van der Waals surface area contributed by atoms with Gasteiger partial charge in [0.05, 0.1) is 0 Å². The summed E-state index contributed by atoms with van der Waals surface area (Å²) < 4.78 is 3.34. The summed E-state index contributed by atoms with van der Waals surface area (Å²) in [6, 6.07) is 51.6. The predicted octanol–water partition coefficient (Wildman–Crippen LogP) is 6.93. The molecule has 0 atom stereocenters. The Morgan fingerprint density at radius 3 is 1.45 bits per heavy atom. The maximum absolute atomic E-state index is 3.34. The first kappa shape index (κ1) is 46.3. The fourth-order valence-corrected chi connectivity index (χ4v) is 8.51. The smallest absolute Gasteiger partial charge is 0.0184 e. The van der Waals surface area contributed by atoms with Crippen molar-refractivity contribution in [1.82, 2.24) is 0 Å². The number of halogens is 2. The molecule has 294 valence electrons. The van der Waals surface area contributed by atoms with Crippen LogP contribution in [0.2, 0.25) is 0 Å². The van der Waals surface area contributed by atoms with Crippen LogP contribution in [0.3, 0.4) is 0 Å². The summed E-state index contributed by atoms with van der Waals surface area (Å²) in [5.74, 6) is 0. The predicted molar refractivity (Wildman–Crippen MR) is 241 cm³/mol. The number of benzene rings is 5. The Bertz CT molecular complexity index is 2280. The number of fused-ring (bicyclic) bond motifs is 7. The van der Waals surface area contributed by atoms with Crippen LogP contribution in [0.15, 0.2) is 175 Å². The Labute approximate surface area is 375 Å². The third kappa shape index (κ3) is 10.6. The summed E-state index contributed by atoms with van der Waals surface area (Å²) in [6.45, 7) is 14.1. The van der Waals surface area contributed by atoms with Gasteiger partial charge in [-0.25, -0.2) is 24.1 Å². The number of hydrogen-bond acceptors (Lipinski definition) is 0. The van der Waals surface area contributed by atoms with Crippen LogP contribution in [0, 0.1) is 11.8 Å². The number of hydrogen-bond donors (Lipinski definition) is 0. The molecule has 0 heterocycles. The largest absolute Gasteiger partial charge is 1.00 e. The molecule has 3 heteroatoms. The van der Waals surface area contributed by atoms with Gasteiger partial charge in [0.15, 0.2) is 0 Å². The molecule has 10 rings (SSSR count). The second-order valence-electron chi connectivity index (χ2n) is 16.1. The first-order valence-corrected chi connectivity index (χ1v) is 21.5. The molecule has 0 unspecified atom stereocenters. The molecule has 0 fully saturated rings. The standard InChI is InChI=1S/C25H27.2C12H10.C5H5.CH2.2ClH.Zr/c1-14-7-8-17-20(14)22-18(23-21(17)15(2)12-25(23,5)6)11-16-9-10-24(3,4)13-19(16)22;2*1-3-7-11(8-4-1)12-9-5-2-6-10-12;1-2-4-5-3-1;;;;/h7-10,12H,11,13H2,1-6H3;2*1-10H;1-5H;1H2;2*1H;/q-1;;;-1;;;;+2/p-2. The molecule has 0 saturated carbocycles. The van der Waals surface area contributed by atoms with Gasteiger partial charge in [0, 0.05) is 0 Å². The number of allylic oxidation sites excluding steroid dienone is 6. The van der Waals surface area contributed by atoms with Crippen LogP contribution in [0.5, 0.6) is 0 Å². The van der Waals surface area contributed by atoms with E-state index in [2.05, 4.69) is 174 Å². The number of rotatable bonds is 2. The Balaban J connectivity index is 0.000000190. The van der Waals surface area contributed by atoms with E-state index in [0.717, 1.165) is 12.8 Å². The summed E-state index contributed by atoms with van der Waals surface area (Å²) in [4.78, 5) is 0. The quantitative estimate of drug-likeness (QED) is 0.166. The van der Waals surface area contributed by atoms with Crippen LogP contribution >= 0.6 is 0 Å². The fourth-order valence-electron chi connectivity index (χ4n) is 8.51.